The third kappa shape index (κ3) is 3.47. The van der Waals surface area contributed by atoms with Gasteiger partial charge in [0.1, 0.15) is 0 Å². The highest BCUT2D eigenvalue weighted by Gasteiger charge is 2.38. The molecule has 0 saturated carbocycles. The molecule has 8 nitrogen and oxygen atoms in total. The average Bonchev–Trinajstić information content (AvgIpc) is 3.18. The van der Waals surface area contributed by atoms with Gasteiger partial charge < -0.3 is 10.2 Å². The number of hydrogen-bond acceptors (Lipinski definition) is 5. The van der Waals surface area contributed by atoms with Crippen LogP contribution < -0.4 is 15.1 Å². The molecule has 2 amide bonds. The van der Waals surface area contributed by atoms with E-state index in [1.165, 1.54) is 0 Å². The number of carbonyl (C=O) groups is 1. The number of nitrogens with zero attached hydrogens (tertiary/aromatic N) is 6. The molecule has 1 aromatic carbocycles. The third-order valence-electron chi connectivity index (χ3n) is 6.47. The number of hydrogen-bond donors (Lipinski definition) is 1. The fourth-order valence-corrected chi connectivity index (χ4v) is 4.96. The van der Waals surface area contributed by atoms with Crippen molar-refractivity contribution in [3.8, 4) is 11.3 Å². The maximum absolute atomic E-state index is 13.6. The van der Waals surface area contributed by atoms with E-state index in [0.717, 1.165) is 71.0 Å². The molecular weight excluding hydrogens is 414 g/mol. The number of amides is 2. The molecule has 0 unspecified atom stereocenters. The summed E-state index contributed by atoms with van der Waals surface area (Å²) in [7, 11) is 1.89. The van der Waals surface area contributed by atoms with E-state index in [4.69, 9.17) is 4.98 Å². The monoisotopic (exact) mass is 439 g/mol. The smallest absolute Gasteiger partial charge is 0.327 e. The Kier molecular flexibility index (Phi) is 4.53. The summed E-state index contributed by atoms with van der Waals surface area (Å²) in [5.41, 5.74) is 5.45. The molecular formula is C25H25N7O. The number of aryl methyl sites for hydroxylation is 2. The molecule has 6 rings (SSSR count). The van der Waals surface area contributed by atoms with Gasteiger partial charge in [0.05, 0.1) is 22.9 Å². The quantitative estimate of drug-likeness (QED) is 0.502. The van der Waals surface area contributed by atoms with Crippen molar-refractivity contribution in [2.24, 2.45) is 7.05 Å². The second-order valence-corrected chi connectivity index (χ2v) is 8.84. The van der Waals surface area contributed by atoms with E-state index in [9.17, 15) is 4.79 Å². The summed E-state index contributed by atoms with van der Waals surface area (Å²) in [5.74, 6) is 0.720. The van der Waals surface area contributed by atoms with Gasteiger partial charge in [-0.05, 0) is 62.2 Å². The lowest BCUT2D eigenvalue weighted by molar-refractivity contribution is 0.252. The SMILES string of the molecule is Cc1cc(-c2ccc3c(n2)N(C(=O)Nc2ccc4nn(C)cc4c2)[C@H]2CCCN3C2)ccn1. The van der Waals surface area contributed by atoms with E-state index in [2.05, 4.69) is 26.4 Å². The van der Waals surface area contributed by atoms with Crippen LogP contribution in [0.15, 0.2) is 54.9 Å². The van der Waals surface area contributed by atoms with Crippen molar-refractivity contribution < 1.29 is 4.79 Å². The van der Waals surface area contributed by atoms with E-state index in [0.29, 0.717) is 0 Å². The molecule has 2 aliphatic heterocycles. The van der Waals surface area contributed by atoms with Crippen LogP contribution in [0.2, 0.25) is 0 Å². The van der Waals surface area contributed by atoms with Crippen molar-refractivity contribution in [2.75, 3.05) is 28.2 Å². The van der Waals surface area contributed by atoms with E-state index in [1.54, 1.807) is 10.9 Å². The number of piperidine rings is 1. The third-order valence-corrected chi connectivity index (χ3v) is 6.47. The molecule has 3 aromatic heterocycles. The molecule has 1 atom stereocenters. The predicted molar refractivity (Wildman–Crippen MR) is 130 cm³/mol. The zero-order valence-electron chi connectivity index (χ0n) is 18.7. The molecule has 0 radical (unpaired) electrons. The van der Waals surface area contributed by atoms with Gasteiger partial charge in [-0.25, -0.2) is 9.78 Å². The van der Waals surface area contributed by atoms with Gasteiger partial charge in [0, 0.05) is 54.9 Å². The van der Waals surface area contributed by atoms with Crippen LogP contribution in [-0.2, 0) is 7.05 Å². The van der Waals surface area contributed by atoms with Crippen LogP contribution in [-0.4, -0.2) is 44.9 Å². The minimum absolute atomic E-state index is 0.0929. The maximum Gasteiger partial charge on any atom is 0.327 e. The van der Waals surface area contributed by atoms with E-state index in [1.807, 2.05) is 61.5 Å². The van der Waals surface area contributed by atoms with Crippen molar-refractivity contribution in [1.29, 1.82) is 0 Å². The van der Waals surface area contributed by atoms with Crippen molar-refractivity contribution in [3.05, 3.63) is 60.6 Å². The normalized spacial score (nSPS) is 17.2. The molecule has 1 fully saturated rings. The fourth-order valence-electron chi connectivity index (χ4n) is 4.96. The molecule has 2 bridgehead atoms. The van der Waals surface area contributed by atoms with Crippen molar-refractivity contribution in [1.82, 2.24) is 19.7 Å². The van der Waals surface area contributed by atoms with Gasteiger partial charge in [-0.2, -0.15) is 5.10 Å². The van der Waals surface area contributed by atoms with Crippen molar-refractivity contribution in [2.45, 2.75) is 25.8 Å². The molecule has 4 aromatic rings. The number of aromatic nitrogens is 4. The summed E-state index contributed by atoms with van der Waals surface area (Å²) in [5, 5.41) is 8.51. The topological polar surface area (TPSA) is 79.2 Å². The molecule has 8 heteroatoms. The highest BCUT2D eigenvalue weighted by Crippen LogP contribution is 2.39. The first-order valence-electron chi connectivity index (χ1n) is 11.3. The summed E-state index contributed by atoms with van der Waals surface area (Å²) < 4.78 is 1.78. The average molecular weight is 440 g/mol. The first-order chi connectivity index (χ1) is 16.0. The summed E-state index contributed by atoms with van der Waals surface area (Å²) in [6.45, 7) is 3.79. The van der Waals surface area contributed by atoms with Gasteiger partial charge in [0.25, 0.3) is 0 Å². The van der Waals surface area contributed by atoms with Gasteiger partial charge in [0.15, 0.2) is 5.82 Å². The van der Waals surface area contributed by atoms with Crippen LogP contribution in [0, 0.1) is 6.92 Å². The molecule has 1 saturated heterocycles. The lowest BCUT2D eigenvalue weighted by atomic mass is 9.99. The summed E-state index contributed by atoms with van der Waals surface area (Å²) >= 11 is 0. The lowest BCUT2D eigenvalue weighted by Gasteiger charge is -2.45. The van der Waals surface area contributed by atoms with Gasteiger partial charge >= 0.3 is 6.03 Å². The first-order valence-corrected chi connectivity index (χ1v) is 11.3. The Hall–Kier alpha value is -3.94. The minimum atomic E-state index is -0.151. The summed E-state index contributed by atoms with van der Waals surface area (Å²) in [6.07, 6.45) is 5.76. The molecule has 2 aliphatic rings. The maximum atomic E-state index is 13.6. The number of anilines is 3. The van der Waals surface area contributed by atoms with Gasteiger partial charge in [-0.3, -0.25) is 14.6 Å². The minimum Gasteiger partial charge on any atom is -0.366 e. The van der Waals surface area contributed by atoms with Gasteiger partial charge in [-0.15, -0.1) is 0 Å². The molecule has 0 aliphatic carbocycles. The Balaban J connectivity index is 1.38. The number of benzene rings is 1. The second kappa shape index (κ2) is 7.58. The molecule has 5 heterocycles. The Morgan fingerprint density at radius 3 is 2.94 bits per heavy atom. The zero-order valence-corrected chi connectivity index (χ0v) is 18.7. The highest BCUT2D eigenvalue weighted by molar-refractivity contribution is 6.05. The number of fused-ring (bicyclic) bond motifs is 5. The Bertz CT molecular complexity index is 1380. The summed E-state index contributed by atoms with van der Waals surface area (Å²) in [4.78, 5) is 27.1. The number of rotatable bonds is 2. The number of urea groups is 1. The molecule has 33 heavy (non-hydrogen) atoms. The highest BCUT2D eigenvalue weighted by atomic mass is 16.2. The van der Waals surface area contributed by atoms with Crippen LogP contribution in [0.4, 0.5) is 22.0 Å². The van der Waals surface area contributed by atoms with Crippen molar-refractivity contribution >= 4 is 34.1 Å². The van der Waals surface area contributed by atoms with E-state index < -0.39 is 0 Å². The number of nitrogens with one attached hydrogen (secondary N) is 1. The largest absolute Gasteiger partial charge is 0.366 e. The molecule has 1 N–H and O–H groups in total. The fraction of sp³-hybridized carbons (Fsp3) is 0.280. The molecule has 166 valence electrons. The van der Waals surface area contributed by atoms with E-state index in [-0.39, 0.29) is 12.1 Å². The molecule has 0 spiro atoms. The van der Waals surface area contributed by atoms with Gasteiger partial charge in [-0.1, -0.05) is 0 Å². The van der Waals surface area contributed by atoms with Crippen LogP contribution in [0.1, 0.15) is 18.5 Å². The van der Waals surface area contributed by atoms with E-state index >= 15 is 0 Å². The second-order valence-electron chi connectivity index (χ2n) is 8.84. The Morgan fingerprint density at radius 2 is 2.06 bits per heavy atom. The number of carbonyl (C=O) groups excluding carboxylic acids is 1. The van der Waals surface area contributed by atoms with Crippen LogP contribution in [0.25, 0.3) is 22.2 Å². The summed E-state index contributed by atoms with van der Waals surface area (Å²) in [6, 6.07) is 13.8. The van der Waals surface area contributed by atoms with Crippen LogP contribution in [0.5, 0.6) is 0 Å². The first kappa shape index (κ1) is 19.7. The van der Waals surface area contributed by atoms with Crippen molar-refractivity contribution in [3.63, 3.8) is 0 Å². The number of pyridine rings is 2. The predicted octanol–water partition coefficient (Wildman–Crippen LogP) is 4.36. The zero-order chi connectivity index (χ0) is 22.5. The standard InChI is InChI=1S/C25H25N7O/c1-16-12-17(9-10-26-16)21-7-8-23-24(28-21)32(20-4-3-11-31(23)15-20)25(33)27-19-5-6-22-18(13-19)14-30(2)29-22/h5-10,12-14,20H,3-4,11,15H2,1-2H3,(H,27,33)/t20-/m0/s1. The Labute approximate surface area is 191 Å². The Morgan fingerprint density at radius 1 is 1.15 bits per heavy atom. The lowest BCUT2D eigenvalue weighted by Crippen LogP contribution is -2.56. The van der Waals surface area contributed by atoms with Gasteiger partial charge in [0.2, 0.25) is 0 Å². The van der Waals surface area contributed by atoms with Crippen LogP contribution in [0.3, 0.4) is 0 Å². The van der Waals surface area contributed by atoms with Crippen LogP contribution >= 0.6 is 0 Å².